The van der Waals surface area contributed by atoms with Crippen LogP contribution in [0.4, 0.5) is 11.4 Å². The monoisotopic (exact) mass is 428 g/mol. The minimum absolute atomic E-state index is 0. The fourth-order valence-electron chi connectivity index (χ4n) is 4.27. The SMILES string of the molecule is CCOC(=O)C1=C(C)NC2N(CCN3CCCCC3)c3ccccc3N12.Cl.Cl. The lowest BCUT2D eigenvalue weighted by Gasteiger charge is -2.32. The first-order valence-corrected chi connectivity index (χ1v) is 9.72. The van der Waals surface area contributed by atoms with Crippen molar-refractivity contribution in [3.8, 4) is 0 Å². The Kier molecular flexibility index (Phi) is 7.87. The Hall–Kier alpha value is -1.63. The number of piperidine rings is 1. The smallest absolute Gasteiger partial charge is 0.356 e. The highest BCUT2D eigenvalue weighted by atomic mass is 35.5. The molecule has 0 aliphatic carbocycles. The Bertz CT molecular complexity index is 722. The summed E-state index contributed by atoms with van der Waals surface area (Å²) in [6.45, 7) is 8.56. The largest absolute Gasteiger partial charge is 0.461 e. The molecule has 156 valence electrons. The average Bonchev–Trinajstić information content (AvgIpc) is 3.14. The molecule has 1 aromatic carbocycles. The topological polar surface area (TPSA) is 48.1 Å². The molecule has 1 fully saturated rings. The molecule has 1 N–H and O–H groups in total. The molecule has 0 spiro atoms. The number of carbonyl (C=O) groups excluding carboxylic acids is 1. The fraction of sp³-hybridized carbons (Fsp3) is 0.550. The number of hydrogen-bond donors (Lipinski definition) is 1. The van der Waals surface area contributed by atoms with Gasteiger partial charge in [0.15, 0.2) is 6.29 Å². The maximum atomic E-state index is 12.5. The van der Waals surface area contributed by atoms with Crippen LogP contribution in [-0.2, 0) is 9.53 Å². The molecule has 3 aliphatic rings. The molecule has 3 aliphatic heterocycles. The lowest BCUT2D eigenvalue weighted by atomic mass is 10.1. The zero-order valence-electron chi connectivity index (χ0n) is 16.5. The first kappa shape index (κ1) is 22.7. The molecule has 4 rings (SSSR count). The summed E-state index contributed by atoms with van der Waals surface area (Å²) in [5.74, 6) is -0.257. The molecule has 1 atom stereocenters. The number of halogens is 2. The number of allylic oxidation sites excluding steroid dienone is 1. The third-order valence-electron chi connectivity index (χ3n) is 5.51. The fourth-order valence-corrected chi connectivity index (χ4v) is 4.27. The highest BCUT2D eigenvalue weighted by molar-refractivity contribution is 5.98. The van der Waals surface area contributed by atoms with E-state index in [4.69, 9.17) is 4.74 Å². The Labute approximate surface area is 179 Å². The molecule has 1 saturated heterocycles. The number of fused-ring (bicyclic) bond motifs is 3. The van der Waals surface area contributed by atoms with Gasteiger partial charge < -0.3 is 19.9 Å². The van der Waals surface area contributed by atoms with Crippen LogP contribution < -0.4 is 15.1 Å². The lowest BCUT2D eigenvalue weighted by Crippen LogP contribution is -2.50. The Morgan fingerprint density at radius 1 is 1.11 bits per heavy atom. The molecular formula is C20H30Cl2N4O2. The first-order valence-electron chi connectivity index (χ1n) is 9.72. The molecule has 3 heterocycles. The van der Waals surface area contributed by atoms with E-state index >= 15 is 0 Å². The summed E-state index contributed by atoms with van der Waals surface area (Å²) in [6.07, 6.45) is 3.92. The molecule has 0 radical (unpaired) electrons. The van der Waals surface area contributed by atoms with Crippen molar-refractivity contribution < 1.29 is 9.53 Å². The zero-order valence-corrected chi connectivity index (χ0v) is 18.2. The van der Waals surface area contributed by atoms with Gasteiger partial charge in [0.05, 0.1) is 18.0 Å². The van der Waals surface area contributed by atoms with E-state index in [9.17, 15) is 4.79 Å². The van der Waals surface area contributed by atoms with Crippen LogP contribution in [0, 0.1) is 0 Å². The highest BCUT2D eigenvalue weighted by Crippen LogP contribution is 2.44. The van der Waals surface area contributed by atoms with Crippen molar-refractivity contribution in [3.63, 3.8) is 0 Å². The number of benzene rings is 1. The number of nitrogens with one attached hydrogen (secondary N) is 1. The van der Waals surface area contributed by atoms with E-state index in [1.165, 1.54) is 38.0 Å². The minimum atomic E-state index is -0.257. The van der Waals surface area contributed by atoms with Gasteiger partial charge in [-0.25, -0.2) is 4.79 Å². The summed E-state index contributed by atoms with van der Waals surface area (Å²) in [5, 5.41) is 3.50. The first-order chi connectivity index (χ1) is 12.7. The Balaban J connectivity index is 0.00000140. The van der Waals surface area contributed by atoms with E-state index in [1.54, 1.807) is 0 Å². The predicted octanol–water partition coefficient (Wildman–Crippen LogP) is 3.32. The minimum Gasteiger partial charge on any atom is -0.461 e. The van der Waals surface area contributed by atoms with Crippen molar-refractivity contribution >= 4 is 42.2 Å². The molecule has 0 saturated carbocycles. The number of rotatable bonds is 5. The Morgan fingerprint density at radius 2 is 1.79 bits per heavy atom. The maximum absolute atomic E-state index is 12.5. The standard InChI is InChI=1S/C20H28N4O2.2ClH/c1-3-26-19(25)18-15(2)21-20-23(14-13-22-11-7-4-8-12-22)16-9-5-6-10-17(16)24(18)20;;/h5-6,9-10,20-21H,3-4,7-8,11-14H2,1-2H3;2*1H. The van der Waals surface area contributed by atoms with Crippen LogP contribution in [0.5, 0.6) is 0 Å². The number of nitrogens with zero attached hydrogens (tertiary/aromatic N) is 3. The molecule has 0 amide bonds. The van der Waals surface area contributed by atoms with Crippen LogP contribution in [0.25, 0.3) is 0 Å². The van der Waals surface area contributed by atoms with Gasteiger partial charge in [-0.1, -0.05) is 18.6 Å². The summed E-state index contributed by atoms with van der Waals surface area (Å²) in [7, 11) is 0. The van der Waals surface area contributed by atoms with Crippen molar-refractivity contribution in [2.24, 2.45) is 0 Å². The normalized spacial score (nSPS) is 20.7. The van der Waals surface area contributed by atoms with Crippen LogP contribution in [0.1, 0.15) is 33.1 Å². The van der Waals surface area contributed by atoms with Crippen molar-refractivity contribution in [2.75, 3.05) is 42.6 Å². The molecule has 0 bridgehead atoms. The van der Waals surface area contributed by atoms with Crippen molar-refractivity contribution in [2.45, 2.75) is 39.4 Å². The number of para-hydroxylation sites is 2. The van der Waals surface area contributed by atoms with E-state index in [-0.39, 0.29) is 37.1 Å². The second-order valence-corrected chi connectivity index (χ2v) is 7.17. The van der Waals surface area contributed by atoms with Crippen LogP contribution in [0.3, 0.4) is 0 Å². The van der Waals surface area contributed by atoms with Gasteiger partial charge in [0.2, 0.25) is 0 Å². The summed E-state index contributed by atoms with van der Waals surface area (Å²) >= 11 is 0. The summed E-state index contributed by atoms with van der Waals surface area (Å²) < 4.78 is 5.30. The molecule has 1 unspecified atom stereocenters. The number of hydrogen-bond acceptors (Lipinski definition) is 6. The van der Waals surface area contributed by atoms with Crippen LogP contribution in [0.2, 0.25) is 0 Å². The predicted molar refractivity (Wildman–Crippen MR) is 117 cm³/mol. The second-order valence-electron chi connectivity index (χ2n) is 7.17. The van der Waals surface area contributed by atoms with Gasteiger partial charge in [-0.05, 0) is 51.9 Å². The van der Waals surface area contributed by atoms with Crippen LogP contribution in [0.15, 0.2) is 35.7 Å². The molecule has 28 heavy (non-hydrogen) atoms. The van der Waals surface area contributed by atoms with Crippen LogP contribution >= 0.6 is 24.8 Å². The number of carbonyl (C=O) groups is 1. The van der Waals surface area contributed by atoms with Gasteiger partial charge >= 0.3 is 5.97 Å². The molecule has 0 aromatic heterocycles. The third-order valence-corrected chi connectivity index (χ3v) is 5.51. The Morgan fingerprint density at radius 3 is 2.46 bits per heavy atom. The second kappa shape index (κ2) is 9.72. The van der Waals surface area contributed by atoms with Crippen molar-refractivity contribution in [1.82, 2.24) is 10.2 Å². The van der Waals surface area contributed by atoms with Crippen molar-refractivity contribution in [1.29, 1.82) is 0 Å². The van der Waals surface area contributed by atoms with E-state index in [2.05, 4.69) is 38.2 Å². The number of anilines is 2. The van der Waals surface area contributed by atoms with Gasteiger partial charge in [0, 0.05) is 18.8 Å². The summed E-state index contributed by atoms with van der Waals surface area (Å²) in [6, 6.07) is 8.32. The molecular weight excluding hydrogens is 399 g/mol. The molecule has 6 nitrogen and oxygen atoms in total. The van der Waals surface area contributed by atoms with E-state index in [1.807, 2.05) is 19.9 Å². The van der Waals surface area contributed by atoms with E-state index < -0.39 is 0 Å². The maximum Gasteiger partial charge on any atom is 0.356 e. The van der Waals surface area contributed by atoms with Gasteiger partial charge in [-0.15, -0.1) is 24.8 Å². The number of likely N-dealkylation sites (tertiary alicyclic amines) is 1. The van der Waals surface area contributed by atoms with Gasteiger partial charge in [-0.3, -0.25) is 4.90 Å². The van der Waals surface area contributed by atoms with Gasteiger partial charge in [0.1, 0.15) is 5.70 Å². The summed E-state index contributed by atoms with van der Waals surface area (Å²) in [5.41, 5.74) is 3.76. The highest BCUT2D eigenvalue weighted by Gasteiger charge is 2.45. The third kappa shape index (κ3) is 4.04. The van der Waals surface area contributed by atoms with Gasteiger partial charge in [0.25, 0.3) is 0 Å². The number of esters is 1. The lowest BCUT2D eigenvalue weighted by molar-refractivity contribution is -0.138. The summed E-state index contributed by atoms with van der Waals surface area (Å²) in [4.78, 5) is 19.6. The van der Waals surface area contributed by atoms with E-state index in [0.29, 0.717) is 12.3 Å². The van der Waals surface area contributed by atoms with Crippen LogP contribution in [-0.4, -0.2) is 49.9 Å². The average molecular weight is 429 g/mol. The zero-order chi connectivity index (χ0) is 18.1. The molecule has 1 aromatic rings. The quantitative estimate of drug-likeness (QED) is 0.725. The van der Waals surface area contributed by atoms with E-state index in [0.717, 1.165) is 24.5 Å². The van der Waals surface area contributed by atoms with Gasteiger partial charge in [-0.2, -0.15) is 0 Å². The molecule has 8 heteroatoms. The number of ether oxygens (including phenoxy) is 1. The van der Waals surface area contributed by atoms with Crippen molar-refractivity contribution in [3.05, 3.63) is 35.7 Å².